The van der Waals surface area contributed by atoms with Gasteiger partial charge < -0.3 is 16.8 Å². The first-order valence-electron chi connectivity index (χ1n) is 5.70. The predicted molar refractivity (Wildman–Crippen MR) is 70.8 cm³/mol. The Bertz CT molecular complexity index is 530. The Balaban J connectivity index is 2.58. The van der Waals surface area contributed by atoms with Gasteiger partial charge in [-0.25, -0.2) is 4.39 Å². The van der Waals surface area contributed by atoms with Gasteiger partial charge in [0.25, 0.3) is 0 Å². The van der Waals surface area contributed by atoms with Crippen LogP contribution in [-0.4, -0.2) is 11.5 Å². The van der Waals surface area contributed by atoms with Gasteiger partial charge in [-0.05, 0) is 31.2 Å². The molecule has 1 heterocycles. The van der Waals surface area contributed by atoms with E-state index in [2.05, 4.69) is 10.3 Å². The summed E-state index contributed by atoms with van der Waals surface area (Å²) in [6.07, 6.45) is 4.49. The smallest absolute Gasteiger partial charge is 0.146 e. The minimum atomic E-state index is -0.362. The third kappa shape index (κ3) is 4.77. The first-order chi connectivity index (χ1) is 9.04. The molecule has 0 aliphatic heterocycles. The second-order valence-electron chi connectivity index (χ2n) is 3.95. The number of nitriles is 1. The first-order valence-corrected chi connectivity index (χ1v) is 5.70. The average Bonchev–Trinajstić information content (AvgIpc) is 2.42. The van der Waals surface area contributed by atoms with Crippen LogP contribution in [0, 0.1) is 17.1 Å². The van der Waals surface area contributed by atoms with Crippen LogP contribution in [0.25, 0.3) is 0 Å². The summed E-state index contributed by atoms with van der Waals surface area (Å²) in [5, 5.41) is 11.5. The molecule has 1 aromatic rings. The maximum atomic E-state index is 13.5. The third-order valence-corrected chi connectivity index (χ3v) is 2.42. The Labute approximate surface area is 111 Å². The summed E-state index contributed by atoms with van der Waals surface area (Å²) in [7, 11) is 0. The lowest BCUT2D eigenvalue weighted by molar-refractivity contribution is 0.527. The van der Waals surface area contributed by atoms with Crippen LogP contribution in [0.5, 0.6) is 0 Å². The van der Waals surface area contributed by atoms with Crippen molar-refractivity contribution in [1.82, 2.24) is 10.3 Å². The monoisotopic (exact) mass is 261 g/mol. The molecule has 19 heavy (non-hydrogen) atoms. The molecule has 0 saturated carbocycles. The summed E-state index contributed by atoms with van der Waals surface area (Å²) in [5.41, 5.74) is 11.9. The standard InChI is InChI=1S/C13H16FN5/c1-9(13-12(14)3-2-6-18-13)19-8-11(17)5-4-10(16)7-15/h2-6,9,19H,8,16-17H2,1H3/b10-4-,11-5-/t9-/m1/s1. The number of allylic oxidation sites excluding steroid dienone is 3. The van der Waals surface area contributed by atoms with E-state index in [-0.39, 0.29) is 17.6 Å². The van der Waals surface area contributed by atoms with Crippen LogP contribution in [0.3, 0.4) is 0 Å². The van der Waals surface area contributed by atoms with Crippen molar-refractivity contribution in [3.05, 3.63) is 53.4 Å². The molecular formula is C13H16FN5. The molecule has 6 heteroatoms. The van der Waals surface area contributed by atoms with Gasteiger partial charge in [-0.15, -0.1) is 0 Å². The normalized spacial score (nSPS) is 13.9. The summed E-state index contributed by atoms with van der Waals surface area (Å²) < 4.78 is 13.5. The number of pyridine rings is 1. The quantitative estimate of drug-likeness (QED) is 0.544. The van der Waals surface area contributed by atoms with E-state index in [4.69, 9.17) is 16.7 Å². The molecule has 0 amide bonds. The van der Waals surface area contributed by atoms with Gasteiger partial charge in [-0.3, -0.25) is 4.98 Å². The predicted octanol–water partition coefficient (Wildman–Crippen LogP) is 1.08. The fraction of sp³-hybridized carbons (Fsp3) is 0.231. The zero-order chi connectivity index (χ0) is 14.3. The number of nitrogens with one attached hydrogen (secondary N) is 1. The Morgan fingerprint density at radius 1 is 1.58 bits per heavy atom. The van der Waals surface area contributed by atoms with E-state index in [0.717, 1.165) is 0 Å². The molecule has 5 nitrogen and oxygen atoms in total. The van der Waals surface area contributed by atoms with Crippen molar-refractivity contribution in [2.24, 2.45) is 11.5 Å². The zero-order valence-electron chi connectivity index (χ0n) is 10.6. The highest BCUT2D eigenvalue weighted by atomic mass is 19.1. The van der Waals surface area contributed by atoms with Crippen molar-refractivity contribution in [1.29, 1.82) is 5.26 Å². The summed E-state index contributed by atoms with van der Waals surface area (Å²) in [6.45, 7) is 2.13. The number of hydrogen-bond acceptors (Lipinski definition) is 5. The van der Waals surface area contributed by atoms with Gasteiger partial charge in [0, 0.05) is 24.5 Å². The van der Waals surface area contributed by atoms with Crippen LogP contribution >= 0.6 is 0 Å². The van der Waals surface area contributed by atoms with Crippen molar-refractivity contribution in [3.63, 3.8) is 0 Å². The molecule has 5 N–H and O–H groups in total. The Hall–Kier alpha value is -2.39. The Kier molecular flexibility index (Phi) is 5.51. The molecule has 0 aliphatic carbocycles. The number of hydrogen-bond donors (Lipinski definition) is 3. The van der Waals surface area contributed by atoms with E-state index < -0.39 is 0 Å². The van der Waals surface area contributed by atoms with Gasteiger partial charge in [-0.1, -0.05) is 0 Å². The number of halogens is 1. The molecule has 0 radical (unpaired) electrons. The van der Waals surface area contributed by atoms with Crippen LogP contribution in [0.15, 0.2) is 41.9 Å². The van der Waals surface area contributed by atoms with Gasteiger partial charge >= 0.3 is 0 Å². The van der Waals surface area contributed by atoms with Gasteiger partial charge in [-0.2, -0.15) is 5.26 Å². The fourth-order valence-electron chi connectivity index (χ4n) is 1.38. The summed E-state index contributed by atoms with van der Waals surface area (Å²) >= 11 is 0. The van der Waals surface area contributed by atoms with Crippen molar-refractivity contribution < 1.29 is 4.39 Å². The van der Waals surface area contributed by atoms with Gasteiger partial charge in [0.15, 0.2) is 0 Å². The minimum absolute atomic E-state index is 0.0757. The zero-order valence-corrected chi connectivity index (χ0v) is 10.6. The van der Waals surface area contributed by atoms with E-state index in [9.17, 15) is 4.39 Å². The first kappa shape index (κ1) is 14.7. The molecule has 0 saturated heterocycles. The van der Waals surface area contributed by atoms with Crippen LogP contribution < -0.4 is 16.8 Å². The lowest BCUT2D eigenvalue weighted by atomic mass is 10.2. The molecule has 1 atom stereocenters. The second-order valence-corrected chi connectivity index (χ2v) is 3.95. The third-order valence-electron chi connectivity index (χ3n) is 2.42. The fourth-order valence-corrected chi connectivity index (χ4v) is 1.38. The highest BCUT2D eigenvalue weighted by molar-refractivity contribution is 5.24. The largest absolute Gasteiger partial charge is 0.401 e. The summed E-state index contributed by atoms with van der Waals surface area (Å²) in [6, 6.07) is 4.40. The van der Waals surface area contributed by atoms with Gasteiger partial charge in [0.2, 0.25) is 0 Å². The average molecular weight is 261 g/mol. The SMILES string of the molecule is C[C@@H](NC/C(N)=C/C=C(\N)C#N)c1ncccc1F. The Morgan fingerprint density at radius 2 is 2.32 bits per heavy atom. The van der Waals surface area contributed by atoms with E-state index >= 15 is 0 Å². The number of nitrogens with two attached hydrogens (primary N) is 2. The van der Waals surface area contributed by atoms with Crippen LogP contribution in [0.2, 0.25) is 0 Å². The molecule has 0 bridgehead atoms. The van der Waals surface area contributed by atoms with Crippen molar-refractivity contribution in [2.45, 2.75) is 13.0 Å². The van der Waals surface area contributed by atoms with E-state index in [1.54, 1.807) is 13.0 Å². The van der Waals surface area contributed by atoms with Crippen molar-refractivity contribution >= 4 is 0 Å². The molecule has 1 aromatic heterocycles. The highest BCUT2D eigenvalue weighted by Gasteiger charge is 2.10. The maximum Gasteiger partial charge on any atom is 0.146 e. The van der Waals surface area contributed by atoms with E-state index in [1.807, 2.05) is 0 Å². The molecule has 1 rings (SSSR count). The Morgan fingerprint density at radius 3 is 2.95 bits per heavy atom. The molecule has 0 spiro atoms. The topological polar surface area (TPSA) is 101 Å². The lowest BCUT2D eigenvalue weighted by Crippen LogP contribution is -2.25. The molecular weight excluding hydrogens is 245 g/mol. The van der Waals surface area contributed by atoms with Gasteiger partial charge in [0.05, 0.1) is 5.69 Å². The molecule has 100 valence electrons. The number of aromatic nitrogens is 1. The van der Waals surface area contributed by atoms with E-state index in [0.29, 0.717) is 17.9 Å². The van der Waals surface area contributed by atoms with Gasteiger partial charge in [0.1, 0.15) is 17.6 Å². The number of nitrogens with zero attached hydrogens (tertiary/aromatic N) is 2. The number of rotatable bonds is 5. The van der Waals surface area contributed by atoms with E-state index in [1.165, 1.54) is 30.5 Å². The lowest BCUT2D eigenvalue weighted by Gasteiger charge is -2.13. The maximum absolute atomic E-state index is 13.5. The highest BCUT2D eigenvalue weighted by Crippen LogP contribution is 2.12. The summed E-state index contributed by atoms with van der Waals surface area (Å²) in [5.74, 6) is -0.362. The van der Waals surface area contributed by atoms with Crippen LogP contribution in [0.4, 0.5) is 4.39 Å². The van der Waals surface area contributed by atoms with Crippen molar-refractivity contribution in [3.8, 4) is 6.07 Å². The van der Waals surface area contributed by atoms with Crippen molar-refractivity contribution in [2.75, 3.05) is 6.54 Å². The second kappa shape index (κ2) is 7.13. The minimum Gasteiger partial charge on any atom is -0.401 e. The van der Waals surface area contributed by atoms with Crippen LogP contribution in [0.1, 0.15) is 18.7 Å². The van der Waals surface area contributed by atoms with Crippen LogP contribution in [-0.2, 0) is 0 Å². The summed E-state index contributed by atoms with van der Waals surface area (Å²) in [4.78, 5) is 3.97. The molecule has 0 fully saturated rings. The molecule has 0 unspecified atom stereocenters. The molecule has 0 aromatic carbocycles. The molecule has 0 aliphatic rings.